The van der Waals surface area contributed by atoms with E-state index in [1.165, 1.54) is 12.1 Å². The van der Waals surface area contributed by atoms with Crippen molar-refractivity contribution < 1.29 is 12.8 Å². The Morgan fingerprint density at radius 2 is 1.68 bits per heavy atom. The van der Waals surface area contributed by atoms with Crippen LogP contribution in [0.2, 0.25) is 0 Å². The lowest BCUT2D eigenvalue weighted by molar-refractivity contribution is 0.599. The molecule has 7 heteroatoms. The summed E-state index contributed by atoms with van der Waals surface area (Å²) in [6.45, 7) is 4.11. The van der Waals surface area contributed by atoms with Crippen LogP contribution in [0, 0.1) is 19.7 Å². The summed E-state index contributed by atoms with van der Waals surface area (Å²) in [5.74, 6) is -0.484. The van der Waals surface area contributed by atoms with Crippen LogP contribution < -0.4 is 4.72 Å². The zero-order valence-corrected chi connectivity index (χ0v) is 14.7. The van der Waals surface area contributed by atoms with Crippen LogP contribution in [0.3, 0.4) is 0 Å². The highest BCUT2D eigenvalue weighted by Crippen LogP contribution is 2.24. The van der Waals surface area contributed by atoms with Crippen LogP contribution >= 0.6 is 0 Å². The minimum Gasteiger partial charge on any atom is -0.276 e. The molecule has 0 bridgehead atoms. The lowest BCUT2D eigenvalue weighted by Gasteiger charge is -2.09. The van der Waals surface area contributed by atoms with Gasteiger partial charge in [0.15, 0.2) is 0 Å². The fraction of sp³-hybridized carbons (Fsp3) is 0.167. The summed E-state index contributed by atoms with van der Waals surface area (Å²) in [6, 6.07) is 14.5. The third-order valence-corrected chi connectivity index (χ3v) is 5.28. The number of nitrogens with one attached hydrogen (secondary N) is 1. The van der Waals surface area contributed by atoms with Gasteiger partial charge < -0.3 is 0 Å². The predicted octanol–water partition coefficient (Wildman–Crippen LogP) is 3.49. The Balaban J connectivity index is 1.89. The first-order valence-electron chi connectivity index (χ1n) is 7.73. The van der Waals surface area contributed by atoms with E-state index in [4.69, 9.17) is 0 Å². The maximum atomic E-state index is 13.0. The van der Waals surface area contributed by atoms with Gasteiger partial charge in [-0.15, -0.1) is 0 Å². The molecule has 1 aromatic heterocycles. The van der Waals surface area contributed by atoms with Crippen molar-refractivity contribution in [2.24, 2.45) is 0 Å². The van der Waals surface area contributed by atoms with E-state index in [0.717, 1.165) is 17.7 Å². The molecule has 0 saturated heterocycles. The van der Waals surface area contributed by atoms with Gasteiger partial charge in [-0.3, -0.25) is 9.40 Å². The lowest BCUT2D eigenvalue weighted by Crippen LogP contribution is -2.14. The molecule has 25 heavy (non-hydrogen) atoms. The third-order valence-electron chi connectivity index (χ3n) is 3.92. The molecule has 0 aliphatic rings. The van der Waals surface area contributed by atoms with Crippen molar-refractivity contribution >= 4 is 15.7 Å². The molecule has 0 atom stereocenters. The highest BCUT2D eigenvalue weighted by atomic mass is 32.2. The molecule has 130 valence electrons. The molecule has 0 amide bonds. The highest BCUT2D eigenvalue weighted by molar-refractivity contribution is 7.92. The first-order chi connectivity index (χ1) is 11.9. The minimum atomic E-state index is -3.80. The predicted molar refractivity (Wildman–Crippen MR) is 94.5 cm³/mol. The van der Waals surface area contributed by atoms with Gasteiger partial charge in [-0.2, -0.15) is 5.10 Å². The fourth-order valence-corrected chi connectivity index (χ4v) is 3.74. The average molecular weight is 359 g/mol. The van der Waals surface area contributed by atoms with Gasteiger partial charge in [0.1, 0.15) is 5.82 Å². The second-order valence-electron chi connectivity index (χ2n) is 5.75. The minimum absolute atomic E-state index is 0.00325. The lowest BCUT2D eigenvalue weighted by atomic mass is 10.2. The molecule has 1 N–H and O–H groups in total. The van der Waals surface area contributed by atoms with E-state index in [2.05, 4.69) is 9.82 Å². The van der Waals surface area contributed by atoms with Crippen LogP contribution in [-0.2, 0) is 16.6 Å². The Morgan fingerprint density at radius 1 is 1.04 bits per heavy atom. The van der Waals surface area contributed by atoms with Crippen molar-refractivity contribution in [3.63, 3.8) is 0 Å². The maximum Gasteiger partial charge on any atom is 0.262 e. The highest BCUT2D eigenvalue weighted by Gasteiger charge is 2.20. The first-order valence-corrected chi connectivity index (χ1v) is 9.21. The van der Waals surface area contributed by atoms with Crippen molar-refractivity contribution in [3.8, 4) is 0 Å². The average Bonchev–Trinajstić information content (AvgIpc) is 2.83. The van der Waals surface area contributed by atoms with E-state index in [1.54, 1.807) is 11.6 Å². The van der Waals surface area contributed by atoms with Crippen LogP contribution in [0.15, 0.2) is 59.5 Å². The number of sulfonamides is 1. The second kappa shape index (κ2) is 6.68. The van der Waals surface area contributed by atoms with Gasteiger partial charge in [0.05, 0.1) is 28.5 Å². The Labute approximate surface area is 146 Å². The van der Waals surface area contributed by atoms with E-state index < -0.39 is 15.8 Å². The molecule has 0 unspecified atom stereocenters. The van der Waals surface area contributed by atoms with E-state index in [1.807, 2.05) is 37.3 Å². The van der Waals surface area contributed by atoms with E-state index in [-0.39, 0.29) is 4.90 Å². The summed E-state index contributed by atoms with van der Waals surface area (Å²) < 4.78 is 42.4. The van der Waals surface area contributed by atoms with Crippen LogP contribution in [0.4, 0.5) is 10.1 Å². The van der Waals surface area contributed by atoms with Crippen molar-refractivity contribution in [1.29, 1.82) is 0 Å². The SMILES string of the molecule is Cc1nn(Cc2ccccc2)c(C)c1NS(=O)(=O)c1ccc(F)cc1. The number of aromatic nitrogens is 2. The zero-order chi connectivity index (χ0) is 18.0. The molecule has 1 heterocycles. The second-order valence-corrected chi connectivity index (χ2v) is 7.43. The number of nitrogens with zero attached hydrogens (tertiary/aromatic N) is 2. The van der Waals surface area contributed by atoms with Crippen LogP contribution in [0.1, 0.15) is 17.0 Å². The van der Waals surface area contributed by atoms with Gasteiger partial charge in [-0.1, -0.05) is 30.3 Å². The molecule has 0 aliphatic heterocycles. The molecular weight excluding hydrogens is 341 g/mol. The van der Waals surface area contributed by atoms with Crippen molar-refractivity contribution in [2.45, 2.75) is 25.3 Å². The molecule has 0 fully saturated rings. The van der Waals surface area contributed by atoms with Crippen LogP contribution in [0.25, 0.3) is 0 Å². The van der Waals surface area contributed by atoms with Crippen molar-refractivity contribution in [3.05, 3.63) is 77.4 Å². The Hall–Kier alpha value is -2.67. The summed E-state index contributed by atoms with van der Waals surface area (Å²) in [7, 11) is -3.80. The number of rotatable bonds is 5. The summed E-state index contributed by atoms with van der Waals surface area (Å²) in [5, 5.41) is 4.43. The van der Waals surface area contributed by atoms with Gasteiger partial charge in [0.25, 0.3) is 10.0 Å². The fourth-order valence-electron chi connectivity index (χ4n) is 2.56. The van der Waals surface area contributed by atoms with Crippen LogP contribution in [-0.4, -0.2) is 18.2 Å². The normalized spacial score (nSPS) is 11.5. The summed E-state index contributed by atoms with van der Waals surface area (Å²) >= 11 is 0. The van der Waals surface area contributed by atoms with E-state index >= 15 is 0 Å². The molecule has 0 aliphatic carbocycles. The van der Waals surface area contributed by atoms with E-state index in [9.17, 15) is 12.8 Å². The molecule has 0 spiro atoms. The number of aryl methyl sites for hydroxylation is 1. The first kappa shape index (κ1) is 17.2. The largest absolute Gasteiger partial charge is 0.276 e. The number of benzene rings is 2. The van der Waals surface area contributed by atoms with Gasteiger partial charge in [0, 0.05) is 0 Å². The number of hydrogen-bond donors (Lipinski definition) is 1. The standard InChI is InChI=1S/C18H18FN3O2S/c1-13-18(21-25(23,24)17-10-8-16(19)9-11-17)14(2)22(20-13)12-15-6-4-3-5-7-15/h3-11,21H,12H2,1-2H3. The molecular formula is C18H18FN3O2S. The number of halogens is 1. The van der Waals surface area contributed by atoms with Gasteiger partial charge in [0.2, 0.25) is 0 Å². The summed E-state index contributed by atoms with van der Waals surface area (Å²) in [4.78, 5) is 0.00325. The van der Waals surface area contributed by atoms with Gasteiger partial charge in [-0.05, 0) is 43.7 Å². The summed E-state index contributed by atoms with van der Waals surface area (Å²) in [5.41, 5.74) is 2.81. The maximum absolute atomic E-state index is 13.0. The van der Waals surface area contributed by atoms with Gasteiger partial charge in [-0.25, -0.2) is 12.8 Å². The monoisotopic (exact) mass is 359 g/mol. The number of anilines is 1. The Morgan fingerprint density at radius 3 is 2.32 bits per heavy atom. The van der Waals surface area contributed by atoms with Crippen LogP contribution in [0.5, 0.6) is 0 Å². The third kappa shape index (κ3) is 3.71. The Kier molecular flexibility index (Phi) is 4.59. The summed E-state index contributed by atoms with van der Waals surface area (Å²) in [6.07, 6.45) is 0. The van der Waals surface area contributed by atoms with Crippen molar-refractivity contribution in [1.82, 2.24) is 9.78 Å². The number of hydrogen-bond acceptors (Lipinski definition) is 3. The zero-order valence-electron chi connectivity index (χ0n) is 13.9. The van der Waals surface area contributed by atoms with Gasteiger partial charge >= 0.3 is 0 Å². The molecule has 2 aromatic carbocycles. The Bertz CT molecular complexity index is 981. The smallest absolute Gasteiger partial charge is 0.262 e. The molecule has 0 saturated carbocycles. The molecule has 5 nitrogen and oxygen atoms in total. The topological polar surface area (TPSA) is 64.0 Å². The van der Waals surface area contributed by atoms with Crippen molar-refractivity contribution in [2.75, 3.05) is 4.72 Å². The molecule has 3 rings (SSSR count). The van der Waals surface area contributed by atoms with E-state index in [0.29, 0.717) is 23.6 Å². The quantitative estimate of drug-likeness (QED) is 0.758. The molecule has 0 radical (unpaired) electrons. The molecule has 3 aromatic rings.